The first-order valence-electron chi connectivity index (χ1n) is 4.72. The van der Waals surface area contributed by atoms with Gasteiger partial charge < -0.3 is 5.73 Å². The Kier molecular flexibility index (Phi) is 2.53. The van der Waals surface area contributed by atoms with Crippen LogP contribution in [-0.2, 0) is 11.0 Å². The van der Waals surface area contributed by atoms with E-state index in [0.717, 1.165) is 6.07 Å². The summed E-state index contributed by atoms with van der Waals surface area (Å²) >= 11 is 0. The van der Waals surface area contributed by atoms with Crippen molar-refractivity contribution in [1.82, 2.24) is 0 Å². The lowest BCUT2D eigenvalue weighted by atomic mass is 10.1. The summed E-state index contributed by atoms with van der Waals surface area (Å²) in [5.74, 6) is -0.564. The molecule has 1 heterocycles. The molecule has 1 aromatic carbocycles. The van der Waals surface area contributed by atoms with E-state index < -0.39 is 17.6 Å². The van der Waals surface area contributed by atoms with E-state index in [1.807, 2.05) is 0 Å². The number of halogens is 3. The van der Waals surface area contributed by atoms with Crippen molar-refractivity contribution in [1.29, 1.82) is 0 Å². The second-order valence-corrected chi connectivity index (χ2v) is 3.49. The van der Waals surface area contributed by atoms with Gasteiger partial charge in [-0.2, -0.15) is 23.3 Å². The van der Waals surface area contributed by atoms with Gasteiger partial charge in [-0.15, -0.1) is 0 Å². The maximum atomic E-state index is 12.7. The van der Waals surface area contributed by atoms with Crippen LogP contribution in [-0.4, -0.2) is 11.7 Å². The van der Waals surface area contributed by atoms with Crippen LogP contribution in [0.25, 0.3) is 0 Å². The van der Waals surface area contributed by atoms with Gasteiger partial charge >= 0.3 is 6.18 Å². The van der Waals surface area contributed by atoms with Crippen molar-refractivity contribution in [3.05, 3.63) is 29.8 Å². The van der Waals surface area contributed by atoms with Gasteiger partial charge in [0.05, 0.1) is 17.7 Å². The number of rotatable bonds is 1. The Morgan fingerprint density at radius 2 is 1.94 bits per heavy atom. The molecule has 1 aromatic rings. The van der Waals surface area contributed by atoms with Gasteiger partial charge in [-0.1, -0.05) is 12.1 Å². The molecule has 0 atom stereocenters. The van der Waals surface area contributed by atoms with E-state index in [1.165, 1.54) is 18.2 Å². The minimum Gasteiger partial charge on any atom is -0.385 e. The number of hydrogen-bond acceptors (Lipinski definition) is 3. The van der Waals surface area contributed by atoms with Gasteiger partial charge in [-0.05, 0) is 12.1 Å². The number of nitrogens with two attached hydrogens (primary N) is 1. The van der Waals surface area contributed by atoms with Gasteiger partial charge in [-0.25, -0.2) is 0 Å². The Labute approximate surface area is 94.5 Å². The lowest BCUT2D eigenvalue weighted by Gasteiger charge is -2.17. The Balaban J connectivity index is 2.50. The van der Waals surface area contributed by atoms with E-state index in [2.05, 4.69) is 5.10 Å². The first-order chi connectivity index (χ1) is 7.89. The fourth-order valence-corrected chi connectivity index (χ4v) is 1.54. The van der Waals surface area contributed by atoms with E-state index >= 15 is 0 Å². The van der Waals surface area contributed by atoms with Gasteiger partial charge in [0, 0.05) is 0 Å². The number of amides is 1. The maximum absolute atomic E-state index is 12.7. The average Bonchev–Trinajstić information content (AvgIpc) is 2.56. The topological polar surface area (TPSA) is 58.7 Å². The van der Waals surface area contributed by atoms with Crippen molar-refractivity contribution in [3.8, 4) is 0 Å². The Hall–Kier alpha value is -2.05. The van der Waals surface area contributed by atoms with Gasteiger partial charge in [0.1, 0.15) is 5.84 Å². The molecule has 0 spiro atoms. The summed E-state index contributed by atoms with van der Waals surface area (Å²) in [4.78, 5) is 11.4. The van der Waals surface area contributed by atoms with Crippen LogP contribution in [0.1, 0.15) is 12.0 Å². The molecule has 90 valence electrons. The Morgan fingerprint density at radius 3 is 2.47 bits per heavy atom. The lowest BCUT2D eigenvalue weighted by molar-refractivity contribution is -0.137. The van der Waals surface area contributed by atoms with Crippen LogP contribution in [0.15, 0.2) is 29.4 Å². The number of para-hydroxylation sites is 1. The van der Waals surface area contributed by atoms with Crippen molar-refractivity contribution in [3.63, 3.8) is 0 Å². The van der Waals surface area contributed by atoms with Crippen molar-refractivity contribution in [2.75, 3.05) is 5.01 Å². The quantitative estimate of drug-likeness (QED) is 0.816. The molecule has 0 unspecified atom stereocenters. The van der Waals surface area contributed by atoms with Gasteiger partial charge in [0.2, 0.25) is 0 Å². The Morgan fingerprint density at radius 1 is 1.29 bits per heavy atom. The minimum absolute atomic E-state index is 0.00646. The third kappa shape index (κ3) is 2.08. The normalized spacial score (nSPS) is 16.3. The van der Waals surface area contributed by atoms with E-state index in [1.54, 1.807) is 0 Å². The molecule has 1 aliphatic heterocycles. The summed E-state index contributed by atoms with van der Waals surface area (Å²) < 4.78 is 38.1. The van der Waals surface area contributed by atoms with Crippen molar-refractivity contribution in [2.24, 2.45) is 10.8 Å². The molecule has 1 aliphatic rings. The molecule has 7 heteroatoms. The fraction of sp³-hybridized carbons (Fsp3) is 0.200. The van der Waals surface area contributed by atoms with Crippen LogP contribution in [0.5, 0.6) is 0 Å². The van der Waals surface area contributed by atoms with Gasteiger partial charge in [0.15, 0.2) is 0 Å². The average molecular weight is 243 g/mol. The highest BCUT2D eigenvalue weighted by molar-refractivity contribution is 6.11. The SMILES string of the molecule is NC1=NN(c2ccccc2C(F)(F)F)C(=O)C1. The van der Waals surface area contributed by atoms with Crippen molar-refractivity contribution in [2.45, 2.75) is 12.6 Å². The second kappa shape index (κ2) is 3.76. The number of amidine groups is 1. The van der Waals surface area contributed by atoms with Crippen LogP contribution in [0.4, 0.5) is 18.9 Å². The van der Waals surface area contributed by atoms with Crippen LogP contribution >= 0.6 is 0 Å². The predicted molar refractivity (Wildman–Crippen MR) is 55.2 cm³/mol. The fourth-order valence-electron chi connectivity index (χ4n) is 1.54. The number of nitrogens with zero attached hydrogens (tertiary/aromatic N) is 2. The molecule has 4 nitrogen and oxygen atoms in total. The van der Waals surface area contributed by atoms with E-state index in [4.69, 9.17) is 5.73 Å². The number of hydrogen-bond donors (Lipinski definition) is 1. The number of anilines is 1. The number of alkyl halides is 3. The summed E-state index contributed by atoms with van der Waals surface area (Å²) in [6.07, 6.45) is -4.70. The summed E-state index contributed by atoms with van der Waals surface area (Å²) in [6.45, 7) is 0. The van der Waals surface area contributed by atoms with Crippen LogP contribution in [0, 0.1) is 0 Å². The highest BCUT2D eigenvalue weighted by Crippen LogP contribution is 2.37. The number of hydrazone groups is 1. The summed E-state index contributed by atoms with van der Waals surface area (Å²) in [7, 11) is 0. The van der Waals surface area contributed by atoms with Gasteiger partial charge in [-0.3, -0.25) is 4.79 Å². The van der Waals surface area contributed by atoms with Crippen LogP contribution in [0.3, 0.4) is 0 Å². The standard InChI is InChI=1S/C10H8F3N3O/c11-10(12,13)6-3-1-2-4-7(6)16-9(17)5-8(14)15-16/h1-4H,5H2,(H2,14,15). The molecule has 0 aromatic heterocycles. The second-order valence-electron chi connectivity index (χ2n) is 3.49. The highest BCUT2D eigenvalue weighted by atomic mass is 19.4. The number of carbonyl (C=O) groups excluding carboxylic acids is 1. The highest BCUT2D eigenvalue weighted by Gasteiger charge is 2.37. The summed E-state index contributed by atoms with van der Waals surface area (Å²) in [6, 6.07) is 4.73. The first kappa shape index (κ1) is 11.4. The monoisotopic (exact) mass is 243 g/mol. The molecular weight excluding hydrogens is 235 g/mol. The number of benzene rings is 1. The molecule has 0 radical (unpaired) electrons. The molecule has 2 rings (SSSR count). The molecule has 0 aliphatic carbocycles. The zero-order chi connectivity index (χ0) is 12.6. The van der Waals surface area contributed by atoms with Crippen LogP contribution < -0.4 is 10.7 Å². The maximum Gasteiger partial charge on any atom is 0.418 e. The van der Waals surface area contributed by atoms with Crippen LogP contribution in [0.2, 0.25) is 0 Å². The number of carbonyl (C=O) groups is 1. The molecular formula is C10H8F3N3O. The smallest absolute Gasteiger partial charge is 0.385 e. The molecule has 1 amide bonds. The molecule has 0 bridgehead atoms. The molecule has 2 N–H and O–H groups in total. The predicted octanol–water partition coefficient (Wildman–Crippen LogP) is 1.71. The van der Waals surface area contributed by atoms with E-state index in [0.29, 0.717) is 5.01 Å². The third-order valence-corrected chi connectivity index (χ3v) is 2.23. The van der Waals surface area contributed by atoms with Gasteiger partial charge in [0.25, 0.3) is 5.91 Å². The Bertz CT molecular complexity index is 496. The lowest BCUT2D eigenvalue weighted by Crippen LogP contribution is -2.23. The molecule has 0 saturated heterocycles. The third-order valence-electron chi connectivity index (χ3n) is 2.23. The molecule has 0 fully saturated rings. The summed E-state index contributed by atoms with van der Waals surface area (Å²) in [5.41, 5.74) is 4.11. The van der Waals surface area contributed by atoms with E-state index in [9.17, 15) is 18.0 Å². The first-order valence-corrected chi connectivity index (χ1v) is 4.72. The molecule has 17 heavy (non-hydrogen) atoms. The molecule has 0 saturated carbocycles. The summed E-state index contributed by atoms with van der Waals surface area (Å²) in [5, 5.41) is 4.28. The van der Waals surface area contributed by atoms with Crippen molar-refractivity contribution >= 4 is 17.4 Å². The van der Waals surface area contributed by atoms with Crippen molar-refractivity contribution < 1.29 is 18.0 Å². The minimum atomic E-state index is -4.54. The largest absolute Gasteiger partial charge is 0.418 e. The zero-order valence-electron chi connectivity index (χ0n) is 8.53. The zero-order valence-corrected chi connectivity index (χ0v) is 8.53. The van der Waals surface area contributed by atoms with E-state index in [-0.39, 0.29) is 17.9 Å².